The van der Waals surface area contributed by atoms with Crippen LogP contribution in [0, 0.1) is 5.92 Å². The van der Waals surface area contributed by atoms with Crippen LogP contribution in [-0.2, 0) is 35.4 Å². The van der Waals surface area contributed by atoms with E-state index >= 15 is 0 Å². The van der Waals surface area contributed by atoms with Crippen molar-refractivity contribution in [2.24, 2.45) is 11.1 Å². The van der Waals surface area contributed by atoms with Crippen LogP contribution in [0.1, 0.15) is 48.1 Å². The number of carbonyl (C=O) groups is 1. The molecule has 0 saturated carbocycles. The van der Waals surface area contributed by atoms with Crippen molar-refractivity contribution >= 4 is 11.7 Å². The molecule has 0 radical (unpaired) electrons. The number of nitrogens with zero attached hydrogens (tertiary/aromatic N) is 2. The molecular weight excluding hydrogens is 493 g/mol. The van der Waals surface area contributed by atoms with E-state index in [2.05, 4.69) is 17.0 Å². The van der Waals surface area contributed by atoms with Crippen molar-refractivity contribution in [3.05, 3.63) is 94.5 Å². The molecule has 38 heavy (non-hydrogen) atoms. The van der Waals surface area contributed by atoms with E-state index in [-0.39, 0.29) is 18.1 Å². The summed E-state index contributed by atoms with van der Waals surface area (Å²) in [5.74, 6) is -1.06. The first-order valence-electron chi connectivity index (χ1n) is 12.6. The second-order valence-electron chi connectivity index (χ2n) is 9.59. The van der Waals surface area contributed by atoms with Crippen molar-refractivity contribution in [2.75, 3.05) is 13.1 Å². The van der Waals surface area contributed by atoms with Crippen LogP contribution in [0.15, 0.2) is 71.9 Å². The van der Waals surface area contributed by atoms with Gasteiger partial charge in [0.05, 0.1) is 17.2 Å². The van der Waals surface area contributed by atoms with Gasteiger partial charge in [-0.25, -0.2) is 0 Å². The van der Waals surface area contributed by atoms with E-state index in [0.717, 1.165) is 35.7 Å². The van der Waals surface area contributed by atoms with Gasteiger partial charge in [-0.2, -0.15) is 13.2 Å². The third kappa shape index (κ3) is 6.61. The summed E-state index contributed by atoms with van der Waals surface area (Å²) >= 11 is 0. The summed E-state index contributed by atoms with van der Waals surface area (Å²) in [6.45, 7) is 5.78. The van der Waals surface area contributed by atoms with Crippen LogP contribution in [0.4, 0.5) is 13.2 Å². The highest BCUT2D eigenvalue weighted by Gasteiger charge is 2.34. The normalized spacial score (nSPS) is 16.6. The summed E-state index contributed by atoms with van der Waals surface area (Å²) in [4.78, 5) is 18.9. The summed E-state index contributed by atoms with van der Waals surface area (Å²) in [7, 11) is 0. The minimum absolute atomic E-state index is 0.0894. The van der Waals surface area contributed by atoms with Crippen LogP contribution in [0.25, 0.3) is 11.1 Å². The lowest BCUT2D eigenvalue weighted by Gasteiger charge is -2.18. The minimum atomic E-state index is -4.50. The van der Waals surface area contributed by atoms with Crippen molar-refractivity contribution in [1.29, 1.82) is 0 Å². The van der Waals surface area contributed by atoms with Crippen LogP contribution >= 0.6 is 0 Å². The number of aryl methyl sites for hydroxylation is 1. The summed E-state index contributed by atoms with van der Waals surface area (Å²) in [6, 6.07) is 18.7. The van der Waals surface area contributed by atoms with Gasteiger partial charge in [0.25, 0.3) is 0 Å². The van der Waals surface area contributed by atoms with Gasteiger partial charge < -0.3 is 9.94 Å². The zero-order chi connectivity index (χ0) is 27.3. The van der Waals surface area contributed by atoms with E-state index in [0.29, 0.717) is 36.3 Å². The Morgan fingerprint density at radius 1 is 1.08 bits per heavy atom. The van der Waals surface area contributed by atoms with Crippen molar-refractivity contribution in [3.63, 3.8) is 0 Å². The zero-order valence-electron chi connectivity index (χ0n) is 21.5. The van der Waals surface area contributed by atoms with Gasteiger partial charge in [-0.1, -0.05) is 66.7 Å². The highest BCUT2D eigenvalue weighted by atomic mass is 19.4. The maximum absolute atomic E-state index is 13.8. The number of carboxylic acids is 1. The highest BCUT2D eigenvalue weighted by Crippen LogP contribution is 2.37. The van der Waals surface area contributed by atoms with Crippen LogP contribution in [-0.4, -0.2) is 34.8 Å². The number of hydrogen-bond donors (Lipinski definition) is 1. The smallest absolute Gasteiger partial charge is 0.417 e. The number of carboxylic acid groups (broad SMARTS) is 1. The molecule has 3 aromatic rings. The van der Waals surface area contributed by atoms with Crippen LogP contribution in [0.3, 0.4) is 0 Å². The van der Waals surface area contributed by atoms with Gasteiger partial charge in [-0.15, -0.1) is 0 Å². The number of benzene rings is 3. The number of rotatable bonds is 9. The number of oxime groups is 1. The first-order valence-corrected chi connectivity index (χ1v) is 12.6. The number of halogens is 3. The van der Waals surface area contributed by atoms with E-state index in [4.69, 9.17) is 4.84 Å². The van der Waals surface area contributed by atoms with Crippen molar-refractivity contribution in [1.82, 2.24) is 4.90 Å². The second-order valence-corrected chi connectivity index (χ2v) is 9.59. The lowest BCUT2D eigenvalue weighted by molar-refractivity contribution is -0.141. The number of hydrogen-bond acceptors (Lipinski definition) is 4. The molecule has 1 saturated heterocycles. The van der Waals surface area contributed by atoms with Gasteiger partial charge in [0.2, 0.25) is 0 Å². The second kappa shape index (κ2) is 11.8. The molecule has 1 heterocycles. The summed E-state index contributed by atoms with van der Waals surface area (Å²) in [6.07, 6.45) is -3.03. The molecule has 0 bridgehead atoms. The van der Waals surface area contributed by atoms with Crippen molar-refractivity contribution in [2.45, 2.75) is 46.0 Å². The molecule has 8 heteroatoms. The van der Waals surface area contributed by atoms with Crippen molar-refractivity contribution < 1.29 is 27.9 Å². The van der Waals surface area contributed by atoms with Crippen LogP contribution in [0.5, 0.6) is 0 Å². The van der Waals surface area contributed by atoms with E-state index < -0.39 is 17.7 Å². The first kappa shape index (κ1) is 27.4. The largest absolute Gasteiger partial charge is 0.481 e. The molecular formula is C30H31F3N2O3. The molecule has 1 N–H and O–H groups in total. The van der Waals surface area contributed by atoms with Crippen molar-refractivity contribution in [3.8, 4) is 11.1 Å². The maximum atomic E-state index is 13.8. The molecule has 1 aliphatic heterocycles. The molecule has 0 spiro atoms. The van der Waals surface area contributed by atoms with Gasteiger partial charge in [0.15, 0.2) is 0 Å². The summed E-state index contributed by atoms with van der Waals surface area (Å²) < 4.78 is 41.3. The molecule has 4 rings (SSSR count). The Balaban J connectivity index is 1.44. The predicted molar refractivity (Wildman–Crippen MR) is 141 cm³/mol. The topological polar surface area (TPSA) is 62.1 Å². The Bertz CT molecular complexity index is 1310. The Morgan fingerprint density at radius 3 is 2.50 bits per heavy atom. The lowest BCUT2D eigenvalue weighted by Crippen LogP contribution is -2.23. The van der Waals surface area contributed by atoms with Gasteiger partial charge in [0.1, 0.15) is 6.61 Å². The Kier molecular flexibility index (Phi) is 8.52. The third-order valence-electron chi connectivity index (χ3n) is 6.93. The standard InChI is InChI=1S/C30H31F3N2O3/c1-3-22-16-24(10-11-25(22)17-35-14-13-26(18-35)29(36)37)20(2)34-38-19-21-9-12-27(23-7-5-4-6-8-23)28(15-21)30(31,32)33/h4-12,15-16,26H,3,13-14,17-19H2,1-2H3,(H,36,37)/b34-20+/t26-/m0/s1. The lowest BCUT2D eigenvalue weighted by atomic mass is 9.97. The van der Waals surface area contributed by atoms with Gasteiger partial charge >= 0.3 is 12.1 Å². The fourth-order valence-corrected chi connectivity index (χ4v) is 4.79. The molecule has 0 aromatic heterocycles. The SMILES string of the molecule is CCc1cc(/C(C)=N/OCc2ccc(-c3ccccc3)c(C(F)(F)F)c2)ccc1CN1CC[C@H](C(=O)O)C1. The van der Waals surface area contributed by atoms with Gasteiger partial charge in [-0.3, -0.25) is 9.69 Å². The van der Waals surface area contributed by atoms with Crippen LogP contribution in [0.2, 0.25) is 0 Å². The highest BCUT2D eigenvalue weighted by molar-refractivity contribution is 5.98. The molecule has 1 atom stereocenters. The molecule has 0 aliphatic carbocycles. The Hall–Kier alpha value is -3.65. The minimum Gasteiger partial charge on any atom is -0.481 e. The van der Waals surface area contributed by atoms with E-state index in [1.807, 2.05) is 18.2 Å². The number of alkyl halides is 3. The average Bonchev–Trinajstić information content (AvgIpc) is 3.38. The molecule has 5 nitrogen and oxygen atoms in total. The first-order chi connectivity index (χ1) is 18.2. The molecule has 200 valence electrons. The third-order valence-corrected chi connectivity index (χ3v) is 6.93. The Morgan fingerprint density at radius 2 is 1.84 bits per heavy atom. The number of likely N-dealkylation sites (tertiary alicyclic amines) is 1. The van der Waals surface area contributed by atoms with E-state index in [1.54, 1.807) is 43.3 Å². The predicted octanol–water partition coefficient (Wildman–Crippen LogP) is 6.78. The zero-order valence-corrected chi connectivity index (χ0v) is 21.5. The van der Waals surface area contributed by atoms with Crippen LogP contribution < -0.4 is 0 Å². The quantitative estimate of drug-likeness (QED) is 0.248. The van der Waals surface area contributed by atoms with Gasteiger partial charge in [-0.05, 0) is 71.8 Å². The van der Waals surface area contributed by atoms with Gasteiger partial charge in [0, 0.05) is 13.1 Å². The molecule has 1 aliphatic rings. The molecule has 0 amide bonds. The fraction of sp³-hybridized carbons (Fsp3) is 0.333. The molecule has 0 unspecified atom stereocenters. The fourth-order valence-electron chi connectivity index (χ4n) is 4.79. The maximum Gasteiger partial charge on any atom is 0.417 e. The number of aliphatic carboxylic acids is 1. The summed E-state index contributed by atoms with van der Waals surface area (Å²) in [5, 5.41) is 13.4. The monoisotopic (exact) mass is 524 g/mol. The Labute approximate surface area is 220 Å². The van der Waals surface area contributed by atoms with E-state index in [1.165, 1.54) is 6.07 Å². The molecule has 1 fully saturated rings. The average molecular weight is 525 g/mol. The van der Waals surface area contributed by atoms with E-state index in [9.17, 15) is 23.1 Å². The summed E-state index contributed by atoms with van der Waals surface area (Å²) in [5.41, 5.74) is 4.08. The molecule has 3 aromatic carbocycles.